The highest BCUT2D eigenvalue weighted by atomic mass is 32.3. The first-order chi connectivity index (χ1) is 24.4. The minimum atomic E-state index is -3.35. The molecule has 0 aliphatic carbocycles. The molecule has 7 N–H and O–H groups in total. The lowest BCUT2D eigenvalue weighted by atomic mass is 10.0. The number of unbranched alkanes of at least 4 members (excludes halogenated alkanes) is 1. The van der Waals surface area contributed by atoms with E-state index in [1.54, 1.807) is 48.5 Å². The van der Waals surface area contributed by atoms with Crippen LogP contribution in [0.2, 0.25) is 0 Å². The van der Waals surface area contributed by atoms with Gasteiger partial charge in [-0.2, -0.15) is 0 Å². The lowest BCUT2D eigenvalue weighted by Crippen LogP contribution is -2.54. The van der Waals surface area contributed by atoms with Gasteiger partial charge in [-0.25, -0.2) is 14.4 Å². The van der Waals surface area contributed by atoms with Crippen molar-refractivity contribution in [3.05, 3.63) is 95.1 Å². The van der Waals surface area contributed by atoms with E-state index in [0.717, 1.165) is 5.56 Å². The van der Waals surface area contributed by atoms with Crippen LogP contribution in [0, 0.1) is 0 Å². The maximum atomic E-state index is 13.4. The van der Waals surface area contributed by atoms with Crippen LogP contribution < -0.4 is 25.4 Å². The van der Waals surface area contributed by atoms with Crippen molar-refractivity contribution in [2.45, 2.75) is 49.4 Å². The van der Waals surface area contributed by atoms with Gasteiger partial charge in [0.2, 0.25) is 11.8 Å². The maximum absolute atomic E-state index is 13.4. The number of amides is 4. The average molecular weight is 727 g/mol. The largest absolute Gasteiger partial charge is 0.507 e. The van der Waals surface area contributed by atoms with Gasteiger partial charge in [0.25, 0.3) is 0 Å². The average Bonchev–Trinajstić information content (AvgIpc) is 3.40. The standard InChI is InChI=1S/C35H42N4O11S/c1-48-33(43)26(20-22-9-4-3-5-10-22)38-35(45)37-25(19-23-13-15-24(16-14-23)29-21-30(41)39-51(29,46)47)32(42)36-17-6-7-18-50-28-12-8-11-27(40)31(28)34(44)49-2/h3-5,8-16,25-26,29,40,46-47H,6-7,17-21H2,1-2H3,(H,36,42)(H,39,41)(H2,37,38,45)/t25-,26-,29?/m0/s1. The van der Waals surface area contributed by atoms with Crippen molar-refractivity contribution >= 4 is 40.6 Å². The number of phenols is 1. The first-order valence-electron chi connectivity index (χ1n) is 16.1. The lowest BCUT2D eigenvalue weighted by Gasteiger charge is -2.32. The lowest BCUT2D eigenvalue weighted by molar-refractivity contribution is -0.142. The fourth-order valence-corrected chi connectivity index (χ4v) is 6.90. The van der Waals surface area contributed by atoms with E-state index in [2.05, 4.69) is 20.7 Å². The van der Waals surface area contributed by atoms with Crippen molar-refractivity contribution in [1.29, 1.82) is 0 Å². The molecule has 3 aromatic rings. The highest BCUT2D eigenvalue weighted by molar-refractivity contribution is 8.23. The summed E-state index contributed by atoms with van der Waals surface area (Å²) < 4.78 is 38.0. The molecule has 0 saturated carbocycles. The Morgan fingerprint density at radius 2 is 1.53 bits per heavy atom. The molecule has 0 bridgehead atoms. The first-order valence-corrected chi connectivity index (χ1v) is 17.7. The van der Waals surface area contributed by atoms with Crippen LogP contribution in [-0.2, 0) is 36.7 Å². The molecular weight excluding hydrogens is 684 g/mol. The van der Waals surface area contributed by atoms with E-state index < -0.39 is 57.9 Å². The number of methoxy groups -OCH3 is 2. The van der Waals surface area contributed by atoms with Crippen LogP contribution in [0.3, 0.4) is 0 Å². The highest BCUT2D eigenvalue weighted by Gasteiger charge is 2.38. The normalized spacial score (nSPS) is 16.5. The van der Waals surface area contributed by atoms with Crippen molar-refractivity contribution in [2.24, 2.45) is 0 Å². The van der Waals surface area contributed by atoms with E-state index in [0.29, 0.717) is 24.0 Å². The Labute approximate surface area is 296 Å². The number of esters is 2. The quantitative estimate of drug-likeness (QED) is 0.0838. The Bertz CT molecular complexity index is 1690. The molecule has 0 radical (unpaired) electrons. The fourth-order valence-electron chi connectivity index (χ4n) is 5.42. The summed E-state index contributed by atoms with van der Waals surface area (Å²) >= 11 is 0. The molecule has 3 aromatic carbocycles. The van der Waals surface area contributed by atoms with Crippen LogP contribution >= 0.6 is 10.8 Å². The molecule has 0 aromatic heterocycles. The number of hydrogen-bond acceptors (Lipinski definition) is 11. The minimum Gasteiger partial charge on any atom is -0.507 e. The summed E-state index contributed by atoms with van der Waals surface area (Å²) in [5, 5.41) is 17.3. The summed E-state index contributed by atoms with van der Waals surface area (Å²) in [6.45, 7) is 0.382. The zero-order chi connectivity index (χ0) is 37.0. The second-order valence-electron chi connectivity index (χ2n) is 11.7. The Morgan fingerprint density at radius 3 is 2.18 bits per heavy atom. The van der Waals surface area contributed by atoms with E-state index in [1.165, 1.54) is 32.4 Å². The van der Waals surface area contributed by atoms with Crippen LogP contribution in [-0.4, -0.2) is 83.5 Å². The van der Waals surface area contributed by atoms with Gasteiger partial charge in [-0.15, -0.1) is 10.8 Å². The molecule has 3 atom stereocenters. The predicted molar refractivity (Wildman–Crippen MR) is 187 cm³/mol. The summed E-state index contributed by atoms with van der Waals surface area (Å²) in [6, 6.07) is 17.1. The SMILES string of the molecule is COC(=O)c1c(O)cccc1OCCCCNC(=O)[C@H](Cc1ccc(C2CC(=O)NS2(O)O)cc1)NC(=O)N[C@@H](Cc1ccccc1)C(=O)OC. The Balaban J connectivity index is 1.39. The molecule has 15 nitrogen and oxygen atoms in total. The number of hydrogen-bond donors (Lipinski definition) is 7. The molecule has 4 amide bonds. The van der Waals surface area contributed by atoms with Crippen LogP contribution in [0.25, 0.3) is 0 Å². The predicted octanol–water partition coefficient (Wildman–Crippen LogP) is 3.38. The molecule has 1 heterocycles. The summed E-state index contributed by atoms with van der Waals surface area (Å²) in [5.41, 5.74) is 1.85. The molecule has 1 aliphatic heterocycles. The van der Waals surface area contributed by atoms with Gasteiger partial charge in [-0.05, 0) is 41.7 Å². The Morgan fingerprint density at radius 1 is 0.863 bits per heavy atom. The number of carbonyl (C=O) groups excluding carboxylic acids is 5. The number of ether oxygens (including phenoxy) is 3. The summed E-state index contributed by atoms with van der Waals surface area (Å²) in [7, 11) is -0.943. The third kappa shape index (κ3) is 10.8. The molecule has 1 unspecified atom stereocenters. The van der Waals surface area contributed by atoms with Gasteiger partial charge >= 0.3 is 18.0 Å². The second kappa shape index (κ2) is 18.1. The molecule has 274 valence electrons. The maximum Gasteiger partial charge on any atom is 0.345 e. The molecule has 0 spiro atoms. The van der Waals surface area contributed by atoms with Crippen LogP contribution in [0.5, 0.6) is 11.5 Å². The first kappa shape index (κ1) is 38.5. The van der Waals surface area contributed by atoms with E-state index >= 15 is 0 Å². The van der Waals surface area contributed by atoms with Gasteiger partial charge < -0.3 is 35.3 Å². The summed E-state index contributed by atoms with van der Waals surface area (Å²) in [4.78, 5) is 63.0. The smallest absolute Gasteiger partial charge is 0.345 e. The van der Waals surface area contributed by atoms with Gasteiger partial charge in [-0.1, -0.05) is 60.7 Å². The molecular formula is C35H42N4O11S. The zero-order valence-electron chi connectivity index (χ0n) is 28.1. The summed E-state index contributed by atoms with van der Waals surface area (Å²) in [6.07, 6.45) is 1.05. The zero-order valence-corrected chi connectivity index (χ0v) is 28.9. The van der Waals surface area contributed by atoms with E-state index in [-0.39, 0.29) is 49.5 Å². The molecule has 16 heteroatoms. The molecule has 1 saturated heterocycles. The third-order valence-corrected chi connectivity index (χ3v) is 9.80. The van der Waals surface area contributed by atoms with Crippen LogP contribution in [0.4, 0.5) is 4.79 Å². The van der Waals surface area contributed by atoms with E-state index in [9.17, 15) is 38.2 Å². The van der Waals surface area contributed by atoms with E-state index in [4.69, 9.17) is 14.2 Å². The van der Waals surface area contributed by atoms with Crippen molar-refractivity contribution in [3.8, 4) is 11.5 Å². The minimum absolute atomic E-state index is 0.0378. The molecule has 1 fully saturated rings. The molecule has 4 rings (SSSR count). The van der Waals surface area contributed by atoms with Gasteiger partial charge in [-0.3, -0.25) is 23.4 Å². The van der Waals surface area contributed by atoms with Gasteiger partial charge in [0, 0.05) is 19.4 Å². The molecule has 51 heavy (non-hydrogen) atoms. The van der Waals surface area contributed by atoms with Crippen molar-refractivity contribution in [3.63, 3.8) is 0 Å². The molecule has 1 aliphatic rings. The van der Waals surface area contributed by atoms with Gasteiger partial charge in [0.05, 0.1) is 27.2 Å². The van der Waals surface area contributed by atoms with Crippen LogP contribution in [0.1, 0.15) is 51.6 Å². The summed E-state index contributed by atoms with van der Waals surface area (Å²) in [5.74, 6) is -2.50. The van der Waals surface area contributed by atoms with Crippen molar-refractivity contribution in [2.75, 3.05) is 27.4 Å². The monoisotopic (exact) mass is 726 g/mol. The highest BCUT2D eigenvalue weighted by Crippen LogP contribution is 2.56. The number of rotatable bonds is 16. The van der Waals surface area contributed by atoms with Crippen LogP contribution in [0.15, 0.2) is 72.8 Å². The second-order valence-corrected chi connectivity index (χ2v) is 13.6. The Kier molecular flexibility index (Phi) is 13.6. The van der Waals surface area contributed by atoms with Crippen molar-refractivity contribution in [1.82, 2.24) is 20.7 Å². The van der Waals surface area contributed by atoms with Gasteiger partial charge in [0.15, 0.2) is 0 Å². The number of benzene rings is 3. The van der Waals surface area contributed by atoms with Crippen molar-refractivity contribution < 1.29 is 52.4 Å². The van der Waals surface area contributed by atoms with E-state index in [1.807, 2.05) is 6.07 Å². The van der Waals surface area contributed by atoms with Gasteiger partial charge in [0.1, 0.15) is 34.4 Å². The number of phenolic OH excluding ortho intramolecular Hbond substituents is 1. The fraction of sp³-hybridized carbons (Fsp3) is 0.343. The Hall–Kier alpha value is -5.32. The number of carbonyl (C=O) groups is 5. The number of nitrogens with one attached hydrogen (secondary N) is 4. The topological polar surface area (TPSA) is 222 Å². The number of urea groups is 1. The number of aromatic hydroxyl groups is 1. The third-order valence-electron chi connectivity index (χ3n) is 8.04.